The molecule has 0 aliphatic carbocycles. The van der Waals surface area contributed by atoms with Gasteiger partial charge in [0, 0.05) is 54.2 Å². The number of aromatic hydroxyl groups is 1. The van der Waals surface area contributed by atoms with Crippen LogP contribution in [0.3, 0.4) is 0 Å². The number of pyridine rings is 1. The lowest BCUT2D eigenvalue weighted by Crippen LogP contribution is -2.50. The Morgan fingerprint density at radius 3 is 2.54 bits per heavy atom. The first-order valence-corrected chi connectivity index (χ1v) is 13.2. The molecule has 4 rings (SSSR count). The largest absolute Gasteiger partial charge is 0.506 e. The van der Waals surface area contributed by atoms with Crippen molar-refractivity contribution in [2.24, 2.45) is 0 Å². The zero-order chi connectivity index (χ0) is 26.4. The van der Waals surface area contributed by atoms with Gasteiger partial charge in [-0.05, 0) is 54.7 Å². The van der Waals surface area contributed by atoms with Crippen LogP contribution in [0, 0.1) is 0 Å². The molecule has 0 spiro atoms. The van der Waals surface area contributed by atoms with Crippen LogP contribution in [0.1, 0.15) is 30.1 Å². The number of benzene rings is 2. The highest BCUT2D eigenvalue weighted by Crippen LogP contribution is 2.29. The molecule has 10 heteroatoms. The average molecular weight is 550 g/mol. The van der Waals surface area contributed by atoms with Crippen LogP contribution in [0.15, 0.2) is 47.3 Å². The molecule has 0 amide bonds. The molecule has 1 unspecified atom stereocenters. The Bertz CT molecular complexity index is 1240. The fraction of sp³-hybridized carbons (Fsp3) is 0.444. The predicted octanol–water partition coefficient (Wildman–Crippen LogP) is 3.25. The van der Waals surface area contributed by atoms with Crippen molar-refractivity contribution in [2.45, 2.75) is 31.0 Å². The third-order valence-corrected chi connectivity index (χ3v) is 7.66. The second-order valence-electron chi connectivity index (χ2n) is 9.56. The van der Waals surface area contributed by atoms with Crippen molar-refractivity contribution in [1.82, 2.24) is 15.2 Å². The number of aliphatic hydroxyl groups is 2. The summed E-state index contributed by atoms with van der Waals surface area (Å²) in [6, 6.07) is 11.5. The molecule has 0 bridgehead atoms. The number of phenols is 1. The molecule has 0 radical (unpaired) electrons. The van der Waals surface area contributed by atoms with Gasteiger partial charge in [0.15, 0.2) is 0 Å². The molecule has 2 heterocycles. The Hall–Kier alpha value is -2.17. The van der Waals surface area contributed by atoms with Crippen LogP contribution in [0.4, 0.5) is 0 Å². The Kier molecular flexibility index (Phi) is 9.47. The topological polar surface area (TPSA) is 118 Å². The van der Waals surface area contributed by atoms with E-state index in [1.807, 2.05) is 18.2 Å². The van der Waals surface area contributed by atoms with Crippen molar-refractivity contribution in [3.05, 3.63) is 74.0 Å². The zero-order valence-corrected chi connectivity index (χ0v) is 22.1. The molecule has 1 fully saturated rings. The molecule has 200 valence electrons. The highest BCUT2D eigenvalue weighted by Gasteiger charge is 2.32. The van der Waals surface area contributed by atoms with Crippen molar-refractivity contribution in [2.75, 3.05) is 45.9 Å². The number of rotatable bonds is 11. The van der Waals surface area contributed by atoms with Crippen LogP contribution in [0.25, 0.3) is 10.9 Å². The van der Waals surface area contributed by atoms with Gasteiger partial charge in [-0.3, -0.25) is 4.79 Å². The van der Waals surface area contributed by atoms with Gasteiger partial charge in [-0.1, -0.05) is 35.3 Å². The van der Waals surface area contributed by atoms with E-state index in [4.69, 9.17) is 27.9 Å². The number of H-pyrrole nitrogens is 1. The summed E-state index contributed by atoms with van der Waals surface area (Å²) in [6.45, 7) is 4.03. The van der Waals surface area contributed by atoms with Crippen LogP contribution in [0.2, 0.25) is 10.0 Å². The van der Waals surface area contributed by atoms with Crippen LogP contribution in [0.5, 0.6) is 5.75 Å². The van der Waals surface area contributed by atoms with Gasteiger partial charge >= 0.3 is 0 Å². The average Bonchev–Trinajstić information content (AvgIpc) is 2.87. The lowest BCUT2D eigenvalue weighted by molar-refractivity contribution is -0.0266. The second kappa shape index (κ2) is 12.6. The Morgan fingerprint density at radius 2 is 1.81 bits per heavy atom. The van der Waals surface area contributed by atoms with Crippen molar-refractivity contribution in [3.63, 3.8) is 0 Å². The minimum Gasteiger partial charge on any atom is -0.506 e. The van der Waals surface area contributed by atoms with E-state index in [0.717, 1.165) is 25.2 Å². The number of halogens is 2. The lowest BCUT2D eigenvalue weighted by Gasteiger charge is -2.38. The summed E-state index contributed by atoms with van der Waals surface area (Å²) >= 11 is 12.4. The van der Waals surface area contributed by atoms with Gasteiger partial charge in [-0.2, -0.15) is 0 Å². The van der Waals surface area contributed by atoms with Crippen molar-refractivity contribution in [3.8, 4) is 5.75 Å². The van der Waals surface area contributed by atoms with E-state index < -0.39 is 11.7 Å². The zero-order valence-electron chi connectivity index (χ0n) is 20.6. The minimum absolute atomic E-state index is 0.0481. The molecule has 1 aliphatic heterocycles. The first-order chi connectivity index (χ1) is 17.8. The number of nitrogens with one attached hydrogen (secondary N) is 2. The Balaban J connectivity index is 1.17. The third-order valence-electron chi connectivity index (χ3n) is 6.95. The fourth-order valence-electron chi connectivity index (χ4n) is 4.71. The number of ether oxygens (including phenoxy) is 1. The van der Waals surface area contributed by atoms with Crippen LogP contribution in [-0.4, -0.2) is 76.7 Å². The molecule has 1 aliphatic rings. The SMILES string of the molecule is O=c1ccc2c(C(O)CNCC3(O)CCN(CCOCCc4c(Cl)cccc4Cl)CC3)ccc(O)c2[nH]1. The maximum absolute atomic E-state index is 11.6. The maximum atomic E-state index is 11.6. The molecule has 3 aromatic rings. The summed E-state index contributed by atoms with van der Waals surface area (Å²) in [7, 11) is 0. The number of aromatic amines is 1. The van der Waals surface area contributed by atoms with E-state index in [0.29, 0.717) is 65.5 Å². The molecule has 1 aromatic heterocycles. The van der Waals surface area contributed by atoms with Crippen molar-refractivity contribution < 1.29 is 20.1 Å². The molecule has 2 aromatic carbocycles. The number of aliphatic hydroxyl groups excluding tert-OH is 1. The number of aromatic nitrogens is 1. The fourth-order valence-corrected chi connectivity index (χ4v) is 5.30. The summed E-state index contributed by atoms with van der Waals surface area (Å²) in [5, 5.41) is 36.8. The predicted molar refractivity (Wildman–Crippen MR) is 146 cm³/mol. The van der Waals surface area contributed by atoms with E-state index in [2.05, 4.69) is 15.2 Å². The molecule has 5 N–H and O–H groups in total. The van der Waals surface area contributed by atoms with Gasteiger partial charge < -0.3 is 35.3 Å². The van der Waals surface area contributed by atoms with Crippen molar-refractivity contribution >= 4 is 34.1 Å². The Labute approximate surface area is 225 Å². The smallest absolute Gasteiger partial charge is 0.248 e. The summed E-state index contributed by atoms with van der Waals surface area (Å²) in [5.41, 5.74) is 0.622. The molecular formula is C27H33Cl2N3O5. The van der Waals surface area contributed by atoms with Gasteiger partial charge in [0.2, 0.25) is 5.56 Å². The number of fused-ring (bicyclic) bond motifs is 1. The van der Waals surface area contributed by atoms with Gasteiger partial charge in [-0.25, -0.2) is 0 Å². The van der Waals surface area contributed by atoms with Crippen LogP contribution < -0.4 is 10.9 Å². The van der Waals surface area contributed by atoms with Gasteiger partial charge in [0.25, 0.3) is 0 Å². The summed E-state index contributed by atoms with van der Waals surface area (Å²) < 4.78 is 5.78. The maximum Gasteiger partial charge on any atom is 0.248 e. The lowest BCUT2D eigenvalue weighted by atomic mass is 9.91. The number of hydrogen-bond acceptors (Lipinski definition) is 7. The first-order valence-electron chi connectivity index (χ1n) is 12.4. The monoisotopic (exact) mass is 549 g/mol. The molecule has 1 atom stereocenters. The normalized spacial score (nSPS) is 16.8. The third kappa shape index (κ3) is 7.23. The van der Waals surface area contributed by atoms with Gasteiger partial charge in [0.1, 0.15) is 5.75 Å². The van der Waals surface area contributed by atoms with E-state index in [1.54, 1.807) is 12.1 Å². The molecule has 1 saturated heterocycles. The quantitative estimate of drug-likeness (QED) is 0.233. The number of phenolic OH excluding ortho intramolecular Hbond substituents is 1. The summed E-state index contributed by atoms with van der Waals surface area (Å²) in [4.78, 5) is 16.5. The molecular weight excluding hydrogens is 517 g/mol. The van der Waals surface area contributed by atoms with Crippen LogP contribution >= 0.6 is 23.2 Å². The highest BCUT2D eigenvalue weighted by atomic mass is 35.5. The van der Waals surface area contributed by atoms with Crippen molar-refractivity contribution in [1.29, 1.82) is 0 Å². The highest BCUT2D eigenvalue weighted by molar-refractivity contribution is 6.35. The van der Waals surface area contributed by atoms with E-state index in [1.165, 1.54) is 12.1 Å². The van der Waals surface area contributed by atoms with E-state index in [9.17, 15) is 20.1 Å². The molecule has 0 saturated carbocycles. The number of hydrogen-bond donors (Lipinski definition) is 5. The number of likely N-dealkylation sites (tertiary alicyclic amines) is 1. The summed E-state index contributed by atoms with van der Waals surface area (Å²) in [6.07, 6.45) is 1.03. The minimum atomic E-state index is -0.865. The standard InChI is InChI=1S/C27H33Cl2N3O5/c28-21-2-1-3-22(29)20(21)8-14-37-15-13-32-11-9-27(36,10-12-32)17-30-16-24(34)18-4-6-23(33)26-19(18)5-7-25(35)31-26/h1-7,24,30,33-34,36H,8-17H2,(H,31,35). The molecule has 37 heavy (non-hydrogen) atoms. The van der Waals surface area contributed by atoms with Gasteiger partial charge in [0.05, 0.1) is 30.4 Å². The first kappa shape index (κ1) is 27.9. The van der Waals surface area contributed by atoms with E-state index in [-0.39, 0.29) is 17.9 Å². The Morgan fingerprint density at radius 1 is 1.08 bits per heavy atom. The number of piperidine rings is 1. The van der Waals surface area contributed by atoms with Crippen LogP contribution in [-0.2, 0) is 11.2 Å². The van der Waals surface area contributed by atoms with Gasteiger partial charge in [-0.15, -0.1) is 0 Å². The summed E-state index contributed by atoms with van der Waals surface area (Å²) in [5.74, 6) is -0.0481. The second-order valence-corrected chi connectivity index (χ2v) is 10.4. The van der Waals surface area contributed by atoms with E-state index >= 15 is 0 Å². The molecule has 8 nitrogen and oxygen atoms in total. The number of nitrogens with zero attached hydrogens (tertiary/aromatic N) is 1.